The smallest absolute Gasteiger partial charge is 0.407 e. The van der Waals surface area contributed by atoms with Crippen LogP contribution in [0.1, 0.15) is 32.8 Å². The Bertz CT molecular complexity index is 469. The van der Waals surface area contributed by atoms with Crippen LogP contribution in [0.25, 0.3) is 0 Å². The van der Waals surface area contributed by atoms with Gasteiger partial charge in [-0.2, -0.15) is 0 Å². The van der Waals surface area contributed by atoms with Gasteiger partial charge in [0, 0.05) is 6.61 Å². The molecule has 1 unspecified atom stereocenters. The molecule has 1 aromatic rings. The molecule has 22 heavy (non-hydrogen) atoms. The minimum atomic E-state index is -0.497. The van der Waals surface area contributed by atoms with E-state index in [4.69, 9.17) is 14.2 Å². The monoisotopic (exact) mass is 307 g/mol. The normalized spacial score (nSPS) is 21.6. The van der Waals surface area contributed by atoms with E-state index in [0.717, 1.165) is 12.0 Å². The summed E-state index contributed by atoms with van der Waals surface area (Å²) in [6.07, 6.45) is 0.241. The van der Waals surface area contributed by atoms with Gasteiger partial charge in [0.2, 0.25) is 0 Å². The number of rotatable bonds is 5. The third-order valence-corrected chi connectivity index (χ3v) is 3.31. The first-order chi connectivity index (χ1) is 10.4. The maximum Gasteiger partial charge on any atom is 0.407 e. The summed E-state index contributed by atoms with van der Waals surface area (Å²) in [6, 6.07) is 9.92. The summed E-state index contributed by atoms with van der Waals surface area (Å²) in [6.45, 7) is 7.16. The Kier molecular flexibility index (Phi) is 5.80. The lowest BCUT2D eigenvalue weighted by atomic mass is 10.1. The van der Waals surface area contributed by atoms with Crippen LogP contribution in [-0.2, 0) is 20.8 Å². The Labute approximate surface area is 131 Å². The Morgan fingerprint density at radius 3 is 2.73 bits per heavy atom. The van der Waals surface area contributed by atoms with Crippen molar-refractivity contribution in [2.45, 2.75) is 51.5 Å². The van der Waals surface area contributed by atoms with Crippen molar-refractivity contribution in [1.82, 2.24) is 5.32 Å². The van der Waals surface area contributed by atoms with Gasteiger partial charge in [-0.3, -0.25) is 0 Å². The number of carbonyl (C=O) groups excluding carboxylic acids is 1. The third-order valence-electron chi connectivity index (χ3n) is 3.31. The number of ether oxygens (including phenoxy) is 3. The molecule has 0 saturated carbocycles. The molecule has 0 bridgehead atoms. The fraction of sp³-hybridized carbons (Fsp3) is 0.588. The average molecular weight is 307 g/mol. The zero-order chi connectivity index (χ0) is 16.0. The van der Waals surface area contributed by atoms with Crippen LogP contribution in [0.15, 0.2) is 30.3 Å². The second-order valence-electron chi connectivity index (χ2n) is 6.45. The summed E-state index contributed by atoms with van der Waals surface area (Å²) < 4.78 is 16.6. The molecule has 1 aromatic carbocycles. The SMILES string of the molecule is CC(C)(C)OC(=O)N[C@@H]1CCOC1COCc1ccccc1. The highest BCUT2D eigenvalue weighted by molar-refractivity contribution is 5.68. The van der Waals surface area contributed by atoms with E-state index in [1.54, 1.807) is 0 Å². The molecule has 1 fully saturated rings. The third kappa shape index (κ3) is 5.66. The zero-order valence-electron chi connectivity index (χ0n) is 13.5. The van der Waals surface area contributed by atoms with Crippen LogP contribution in [0, 0.1) is 0 Å². The Morgan fingerprint density at radius 2 is 2.05 bits per heavy atom. The van der Waals surface area contributed by atoms with Crippen LogP contribution < -0.4 is 5.32 Å². The van der Waals surface area contributed by atoms with Crippen molar-refractivity contribution in [3.63, 3.8) is 0 Å². The van der Waals surface area contributed by atoms with E-state index in [2.05, 4.69) is 5.32 Å². The summed E-state index contributed by atoms with van der Waals surface area (Å²) in [7, 11) is 0. The number of amides is 1. The molecule has 1 heterocycles. The fourth-order valence-corrected chi connectivity index (χ4v) is 2.30. The first kappa shape index (κ1) is 16.8. The van der Waals surface area contributed by atoms with Gasteiger partial charge < -0.3 is 19.5 Å². The summed E-state index contributed by atoms with van der Waals surface area (Å²) in [4.78, 5) is 11.8. The molecule has 5 nitrogen and oxygen atoms in total. The molecule has 122 valence electrons. The molecular formula is C17H25NO4. The highest BCUT2D eigenvalue weighted by Crippen LogP contribution is 2.16. The van der Waals surface area contributed by atoms with Crippen LogP contribution >= 0.6 is 0 Å². The first-order valence-electron chi connectivity index (χ1n) is 7.67. The fourth-order valence-electron chi connectivity index (χ4n) is 2.30. The number of carbonyl (C=O) groups is 1. The van der Waals surface area contributed by atoms with E-state index in [1.165, 1.54) is 0 Å². The van der Waals surface area contributed by atoms with Crippen molar-refractivity contribution in [1.29, 1.82) is 0 Å². The van der Waals surface area contributed by atoms with E-state index in [0.29, 0.717) is 19.8 Å². The minimum Gasteiger partial charge on any atom is -0.444 e. The van der Waals surface area contributed by atoms with E-state index < -0.39 is 11.7 Å². The van der Waals surface area contributed by atoms with E-state index >= 15 is 0 Å². The van der Waals surface area contributed by atoms with Gasteiger partial charge in [-0.1, -0.05) is 30.3 Å². The molecule has 1 aliphatic rings. The zero-order valence-corrected chi connectivity index (χ0v) is 13.5. The van der Waals surface area contributed by atoms with Gasteiger partial charge in [0.15, 0.2) is 0 Å². The number of nitrogens with one attached hydrogen (secondary N) is 1. The van der Waals surface area contributed by atoms with Gasteiger partial charge in [-0.25, -0.2) is 4.79 Å². The first-order valence-corrected chi connectivity index (χ1v) is 7.67. The summed E-state index contributed by atoms with van der Waals surface area (Å²) in [5.41, 5.74) is 0.625. The summed E-state index contributed by atoms with van der Waals surface area (Å²) in [5.74, 6) is 0. The quantitative estimate of drug-likeness (QED) is 0.909. The van der Waals surface area contributed by atoms with Gasteiger partial charge in [-0.15, -0.1) is 0 Å². The van der Waals surface area contributed by atoms with Crippen LogP contribution in [0.3, 0.4) is 0 Å². The molecular weight excluding hydrogens is 282 g/mol. The van der Waals surface area contributed by atoms with E-state index in [9.17, 15) is 4.79 Å². The van der Waals surface area contributed by atoms with E-state index in [-0.39, 0.29) is 12.1 Å². The lowest BCUT2D eigenvalue weighted by Gasteiger charge is -2.24. The van der Waals surface area contributed by atoms with Gasteiger partial charge in [-0.05, 0) is 32.8 Å². The lowest BCUT2D eigenvalue weighted by molar-refractivity contribution is -0.00115. The van der Waals surface area contributed by atoms with Crippen molar-refractivity contribution in [3.8, 4) is 0 Å². The van der Waals surface area contributed by atoms with Gasteiger partial charge >= 0.3 is 6.09 Å². The Morgan fingerprint density at radius 1 is 1.32 bits per heavy atom. The van der Waals surface area contributed by atoms with Crippen LogP contribution in [0.2, 0.25) is 0 Å². The maximum atomic E-state index is 11.8. The minimum absolute atomic E-state index is 0.0642. The predicted molar refractivity (Wildman–Crippen MR) is 83.6 cm³/mol. The molecule has 1 N–H and O–H groups in total. The summed E-state index contributed by atoms with van der Waals surface area (Å²) >= 11 is 0. The molecule has 0 radical (unpaired) electrons. The van der Waals surface area contributed by atoms with Crippen LogP contribution in [-0.4, -0.2) is 37.1 Å². The van der Waals surface area contributed by atoms with Crippen molar-refractivity contribution < 1.29 is 19.0 Å². The Hall–Kier alpha value is -1.59. The number of benzene rings is 1. The molecule has 1 saturated heterocycles. The largest absolute Gasteiger partial charge is 0.444 e. The van der Waals surface area contributed by atoms with Crippen molar-refractivity contribution >= 4 is 6.09 Å². The molecule has 0 spiro atoms. The molecule has 5 heteroatoms. The standard InChI is InChI=1S/C17H25NO4/c1-17(2,3)22-16(19)18-14-9-10-21-15(14)12-20-11-13-7-5-4-6-8-13/h4-8,14-15H,9-12H2,1-3H3,(H,18,19)/t14-,15?/m1/s1. The highest BCUT2D eigenvalue weighted by atomic mass is 16.6. The van der Waals surface area contributed by atoms with Gasteiger partial charge in [0.05, 0.1) is 19.3 Å². The lowest BCUT2D eigenvalue weighted by Crippen LogP contribution is -2.44. The van der Waals surface area contributed by atoms with Crippen LogP contribution in [0.4, 0.5) is 4.79 Å². The maximum absolute atomic E-state index is 11.8. The molecule has 2 atom stereocenters. The van der Waals surface area contributed by atoms with Gasteiger partial charge in [0.1, 0.15) is 11.7 Å². The van der Waals surface area contributed by atoms with E-state index in [1.807, 2.05) is 51.1 Å². The molecule has 1 aliphatic heterocycles. The predicted octanol–water partition coefficient (Wildman–Crippen LogP) is 2.89. The number of hydrogen-bond donors (Lipinski definition) is 1. The Balaban J connectivity index is 1.75. The topological polar surface area (TPSA) is 56.8 Å². The van der Waals surface area contributed by atoms with Crippen molar-refractivity contribution in [2.24, 2.45) is 0 Å². The average Bonchev–Trinajstić information content (AvgIpc) is 2.85. The summed E-state index contributed by atoms with van der Waals surface area (Å²) in [5, 5.41) is 2.87. The van der Waals surface area contributed by atoms with Gasteiger partial charge in [0.25, 0.3) is 0 Å². The number of hydrogen-bond acceptors (Lipinski definition) is 4. The molecule has 0 aliphatic carbocycles. The molecule has 1 amide bonds. The van der Waals surface area contributed by atoms with Crippen molar-refractivity contribution in [3.05, 3.63) is 35.9 Å². The van der Waals surface area contributed by atoms with Crippen molar-refractivity contribution in [2.75, 3.05) is 13.2 Å². The second-order valence-corrected chi connectivity index (χ2v) is 6.45. The second kappa shape index (κ2) is 7.61. The highest BCUT2D eigenvalue weighted by Gasteiger charge is 2.31. The van der Waals surface area contributed by atoms with Crippen LogP contribution in [0.5, 0.6) is 0 Å². The number of alkyl carbamates (subject to hydrolysis) is 1. The molecule has 2 rings (SSSR count). The molecule has 0 aromatic heterocycles.